The second-order valence-corrected chi connectivity index (χ2v) is 4.92. The van der Waals surface area contributed by atoms with Gasteiger partial charge in [0.1, 0.15) is 6.29 Å². The van der Waals surface area contributed by atoms with Gasteiger partial charge in [-0.15, -0.1) is 0 Å². The van der Waals surface area contributed by atoms with E-state index >= 15 is 0 Å². The van der Waals surface area contributed by atoms with Gasteiger partial charge in [-0.3, -0.25) is 0 Å². The minimum Gasteiger partial charge on any atom is -0.301 e. The second-order valence-electron chi connectivity index (χ2n) is 4.04. The third kappa shape index (κ3) is 4.06. The highest BCUT2D eigenvalue weighted by Gasteiger charge is 2.15. The quantitative estimate of drug-likeness (QED) is 0.615. The van der Waals surface area contributed by atoms with E-state index in [1.54, 1.807) is 0 Å². The van der Waals surface area contributed by atoms with Crippen molar-refractivity contribution < 1.29 is 4.79 Å². The number of hydrogen-bond acceptors (Lipinski definition) is 3. The first-order chi connectivity index (χ1) is 7.07. The van der Waals surface area contributed by atoms with Crippen molar-refractivity contribution in [1.82, 2.24) is 4.72 Å². The van der Waals surface area contributed by atoms with Crippen molar-refractivity contribution >= 4 is 18.2 Å². The maximum absolute atomic E-state index is 10.7. The smallest absolute Gasteiger partial charge is 0.140 e. The summed E-state index contributed by atoms with van der Waals surface area (Å²) in [4.78, 5) is 11.8. The maximum atomic E-state index is 10.7. The second kappa shape index (κ2) is 5.33. The lowest BCUT2D eigenvalue weighted by atomic mass is 10.1. The Labute approximate surface area is 95.6 Å². The highest BCUT2D eigenvalue weighted by Crippen LogP contribution is 2.18. The Morgan fingerprint density at radius 3 is 2.40 bits per heavy atom. The van der Waals surface area contributed by atoms with Crippen molar-refractivity contribution in [2.24, 2.45) is 0 Å². The minimum absolute atomic E-state index is 0.478. The molecule has 0 unspecified atom stereocenters. The number of carbonyl (C=O) groups excluding carboxylic acids is 1. The zero-order chi connectivity index (χ0) is 11.3. The van der Waals surface area contributed by atoms with Gasteiger partial charge in [-0.1, -0.05) is 19.1 Å². The molecule has 3 heteroatoms. The van der Waals surface area contributed by atoms with Gasteiger partial charge < -0.3 is 4.79 Å². The fraction of sp³-hybridized carbons (Fsp3) is 0.417. The average Bonchev–Trinajstić information content (AvgIpc) is 2.27. The van der Waals surface area contributed by atoms with Crippen LogP contribution >= 0.6 is 11.9 Å². The van der Waals surface area contributed by atoms with Gasteiger partial charge in [0, 0.05) is 4.90 Å². The molecule has 0 fully saturated rings. The van der Waals surface area contributed by atoms with E-state index in [-0.39, 0.29) is 0 Å². The molecule has 0 aromatic heterocycles. The molecule has 0 aliphatic carbocycles. The van der Waals surface area contributed by atoms with Crippen LogP contribution in [0.5, 0.6) is 0 Å². The average molecular weight is 223 g/mol. The summed E-state index contributed by atoms with van der Waals surface area (Å²) < 4.78 is 3.11. The Bertz CT molecular complexity index is 319. The molecule has 1 rings (SSSR count). The molecule has 0 saturated carbocycles. The summed E-state index contributed by atoms with van der Waals surface area (Å²) in [5, 5.41) is 0. The molecule has 0 radical (unpaired) electrons. The topological polar surface area (TPSA) is 29.1 Å². The fourth-order valence-corrected chi connectivity index (χ4v) is 1.71. The first-order valence-corrected chi connectivity index (χ1v) is 5.88. The van der Waals surface area contributed by atoms with Crippen molar-refractivity contribution in [2.75, 3.05) is 0 Å². The van der Waals surface area contributed by atoms with Gasteiger partial charge >= 0.3 is 0 Å². The summed E-state index contributed by atoms with van der Waals surface area (Å²) in [6, 6.07) is 8.35. The lowest BCUT2D eigenvalue weighted by Crippen LogP contribution is -2.35. The number of aldehydes is 1. The number of hydrogen-bond donors (Lipinski definition) is 1. The molecule has 2 nitrogen and oxygen atoms in total. The van der Waals surface area contributed by atoms with Crippen LogP contribution in [0.25, 0.3) is 0 Å². The molecule has 1 N–H and O–H groups in total. The Morgan fingerprint density at radius 2 is 1.93 bits per heavy atom. The molecular formula is C12H17NOS. The molecule has 0 heterocycles. The molecule has 15 heavy (non-hydrogen) atoms. The van der Waals surface area contributed by atoms with Gasteiger partial charge in [0.25, 0.3) is 0 Å². The van der Waals surface area contributed by atoms with Gasteiger partial charge in [0.2, 0.25) is 0 Å². The first-order valence-electron chi connectivity index (χ1n) is 5.06. The number of rotatable bonds is 5. The van der Waals surface area contributed by atoms with Gasteiger partial charge in [0.05, 0.1) is 5.54 Å². The normalized spacial score (nSPS) is 11.4. The molecule has 0 spiro atoms. The number of nitrogens with one attached hydrogen (secondary N) is 1. The third-order valence-corrected chi connectivity index (χ3v) is 3.19. The highest BCUT2D eigenvalue weighted by molar-refractivity contribution is 7.97. The summed E-state index contributed by atoms with van der Waals surface area (Å²) in [5.41, 5.74) is 0.850. The zero-order valence-corrected chi connectivity index (χ0v) is 10.2. The van der Waals surface area contributed by atoms with Crippen molar-refractivity contribution in [2.45, 2.75) is 37.6 Å². The van der Waals surface area contributed by atoms with Gasteiger partial charge in [-0.05, 0) is 49.9 Å². The summed E-state index contributed by atoms with van der Waals surface area (Å²) in [5.74, 6) is 0. The number of benzene rings is 1. The first kappa shape index (κ1) is 12.3. The summed E-state index contributed by atoms with van der Waals surface area (Å²) in [6.07, 6.45) is 1.97. The lowest BCUT2D eigenvalue weighted by molar-refractivity contribution is -0.111. The van der Waals surface area contributed by atoms with Crippen LogP contribution < -0.4 is 4.72 Å². The Balaban J connectivity index is 2.54. The molecule has 0 amide bonds. The zero-order valence-electron chi connectivity index (χ0n) is 9.41. The largest absolute Gasteiger partial charge is 0.301 e. The van der Waals surface area contributed by atoms with Gasteiger partial charge in [-0.2, -0.15) is 0 Å². The SMILES string of the molecule is CCc1ccc(SNC(C)(C)C=O)cc1. The van der Waals surface area contributed by atoms with Crippen molar-refractivity contribution in [3.8, 4) is 0 Å². The van der Waals surface area contributed by atoms with Crippen LogP contribution in [0, 0.1) is 0 Å². The predicted octanol–water partition coefficient (Wildman–Crippen LogP) is 2.82. The van der Waals surface area contributed by atoms with Crippen molar-refractivity contribution in [3.05, 3.63) is 29.8 Å². The standard InChI is InChI=1S/C12H17NOS/c1-4-10-5-7-11(8-6-10)15-13-12(2,3)9-14/h5-9,13H,4H2,1-3H3. The molecule has 0 aliphatic heterocycles. The van der Waals surface area contributed by atoms with Crippen LogP contribution in [0.4, 0.5) is 0 Å². The Morgan fingerprint density at radius 1 is 1.33 bits per heavy atom. The van der Waals surface area contributed by atoms with Crippen LogP contribution in [0.2, 0.25) is 0 Å². The number of carbonyl (C=O) groups is 1. The van der Waals surface area contributed by atoms with E-state index in [2.05, 4.69) is 35.9 Å². The third-order valence-electron chi connectivity index (χ3n) is 2.06. The molecule has 1 aromatic carbocycles. The molecule has 0 atom stereocenters. The van der Waals surface area contributed by atoms with Crippen LogP contribution in [-0.4, -0.2) is 11.8 Å². The summed E-state index contributed by atoms with van der Waals surface area (Å²) in [7, 11) is 0. The van der Waals surface area contributed by atoms with E-state index in [0.29, 0.717) is 0 Å². The van der Waals surface area contributed by atoms with Crippen LogP contribution in [-0.2, 0) is 11.2 Å². The Hall–Kier alpha value is -0.800. The van der Waals surface area contributed by atoms with E-state index < -0.39 is 5.54 Å². The fourth-order valence-electron chi connectivity index (χ4n) is 1.01. The minimum atomic E-state index is -0.478. The van der Waals surface area contributed by atoms with Crippen LogP contribution in [0.15, 0.2) is 29.2 Å². The Kier molecular flexibility index (Phi) is 4.36. The predicted molar refractivity (Wildman–Crippen MR) is 65.0 cm³/mol. The molecular weight excluding hydrogens is 206 g/mol. The monoisotopic (exact) mass is 223 g/mol. The molecule has 0 saturated heterocycles. The number of aryl methyl sites for hydroxylation is 1. The van der Waals surface area contributed by atoms with Gasteiger partial charge in [0.15, 0.2) is 0 Å². The van der Waals surface area contributed by atoms with E-state index in [1.165, 1.54) is 17.5 Å². The van der Waals surface area contributed by atoms with E-state index in [0.717, 1.165) is 17.6 Å². The molecule has 0 bridgehead atoms. The highest BCUT2D eigenvalue weighted by atomic mass is 32.2. The summed E-state index contributed by atoms with van der Waals surface area (Å²) >= 11 is 1.49. The van der Waals surface area contributed by atoms with Crippen LogP contribution in [0.3, 0.4) is 0 Å². The molecule has 82 valence electrons. The van der Waals surface area contributed by atoms with Crippen molar-refractivity contribution in [3.63, 3.8) is 0 Å². The van der Waals surface area contributed by atoms with E-state index in [4.69, 9.17) is 0 Å². The van der Waals surface area contributed by atoms with Gasteiger partial charge in [-0.25, -0.2) is 4.72 Å². The van der Waals surface area contributed by atoms with E-state index in [9.17, 15) is 4.79 Å². The maximum Gasteiger partial charge on any atom is 0.140 e. The molecule has 1 aromatic rings. The lowest BCUT2D eigenvalue weighted by Gasteiger charge is -2.17. The molecule has 0 aliphatic rings. The van der Waals surface area contributed by atoms with Crippen LogP contribution in [0.1, 0.15) is 26.3 Å². The van der Waals surface area contributed by atoms with E-state index in [1.807, 2.05) is 13.8 Å². The summed E-state index contributed by atoms with van der Waals surface area (Å²) in [6.45, 7) is 5.84. The van der Waals surface area contributed by atoms with Crippen molar-refractivity contribution in [1.29, 1.82) is 0 Å².